The Labute approximate surface area is 87.0 Å². The molecule has 0 fully saturated rings. The van der Waals surface area contributed by atoms with E-state index in [1.165, 1.54) is 6.92 Å². The SMILES string of the molecule is CC(Cl)C(N)=O.O=C(Cl)[S+]([O-])Cl. The van der Waals surface area contributed by atoms with Crippen LogP contribution in [0, 0.1) is 0 Å². The quantitative estimate of drug-likeness (QED) is 0.435. The summed E-state index contributed by atoms with van der Waals surface area (Å²) < 4.78 is 8.51. The number of hydrogen-bond acceptors (Lipinski definition) is 3. The number of amides is 1. The van der Waals surface area contributed by atoms with Crippen LogP contribution in [-0.4, -0.2) is 20.4 Å². The molecule has 0 rings (SSSR count). The average Bonchev–Trinajstić information content (AvgIpc) is 1.88. The van der Waals surface area contributed by atoms with Gasteiger partial charge >= 0.3 is 4.57 Å². The van der Waals surface area contributed by atoms with Gasteiger partial charge in [0, 0.05) is 11.6 Å². The highest BCUT2D eigenvalue weighted by Crippen LogP contribution is 2.01. The lowest BCUT2D eigenvalue weighted by molar-refractivity contribution is -0.117. The van der Waals surface area contributed by atoms with E-state index < -0.39 is 26.2 Å². The third-order valence-corrected chi connectivity index (χ3v) is 2.06. The van der Waals surface area contributed by atoms with E-state index in [1.54, 1.807) is 0 Å². The monoisotopic (exact) mass is 253 g/mol. The van der Waals surface area contributed by atoms with Crippen LogP contribution in [0.3, 0.4) is 0 Å². The second-order valence-corrected chi connectivity index (χ2v) is 4.36. The Morgan fingerprint density at radius 3 is 1.75 bits per heavy atom. The number of carbonyl (C=O) groups excluding carboxylic acids is 2. The minimum atomic E-state index is -2.02. The van der Waals surface area contributed by atoms with Crippen molar-refractivity contribution >= 4 is 54.8 Å². The Hall–Kier alpha value is 0.320. The maximum atomic E-state index is 9.79. The van der Waals surface area contributed by atoms with Crippen molar-refractivity contribution < 1.29 is 14.1 Å². The maximum absolute atomic E-state index is 9.79. The van der Waals surface area contributed by atoms with E-state index in [-0.39, 0.29) is 0 Å². The summed E-state index contributed by atoms with van der Waals surface area (Å²) in [4.78, 5) is 19.3. The van der Waals surface area contributed by atoms with Gasteiger partial charge in [-0.25, -0.2) is 4.79 Å². The zero-order chi connectivity index (χ0) is 10.3. The fourth-order valence-electron chi connectivity index (χ4n) is 0. The normalized spacial score (nSPS) is 13.8. The van der Waals surface area contributed by atoms with Gasteiger partial charge in [-0.05, 0) is 6.92 Å². The van der Waals surface area contributed by atoms with E-state index in [1.807, 2.05) is 0 Å². The molecule has 0 aromatic heterocycles. The molecule has 4 nitrogen and oxygen atoms in total. The molecule has 2 N–H and O–H groups in total. The number of alkyl halides is 1. The molecule has 0 aromatic carbocycles. The summed E-state index contributed by atoms with van der Waals surface area (Å²) in [7, 11) is 2.58. The van der Waals surface area contributed by atoms with E-state index in [0.717, 1.165) is 0 Å². The van der Waals surface area contributed by atoms with Gasteiger partial charge in [-0.2, -0.15) is 0 Å². The van der Waals surface area contributed by atoms with Gasteiger partial charge in [0.05, 0.1) is 0 Å². The first-order valence-corrected chi connectivity index (χ1v) is 5.29. The average molecular weight is 255 g/mol. The first-order chi connectivity index (χ1) is 5.29. The molecule has 2 atom stereocenters. The van der Waals surface area contributed by atoms with E-state index in [2.05, 4.69) is 28.0 Å². The predicted molar refractivity (Wildman–Crippen MR) is 49.8 cm³/mol. The second kappa shape index (κ2) is 7.94. The molecule has 0 aromatic rings. The minimum absolute atomic E-state index is 0.475. The standard InChI is InChI=1S/C3H6ClNO.CCl2O2S/c1-2(4)3(5)6;2-1(4)6(3)5/h2H,1H3,(H2,5,6);. The van der Waals surface area contributed by atoms with Gasteiger partial charge < -0.3 is 10.3 Å². The Balaban J connectivity index is 0. The van der Waals surface area contributed by atoms with Crippen LogP contribution in [0.4, 0.5) is 4.79 Å². The van der Waals surface area contributed by atoms with Crippen molar-refractivity contribution in [2.75, 3.05) is 0 Å². The van der Waals surface area contributed by atoms with Crippen molar-refractivity contribution in [1.82, 2.24) is 0 Å². The summed E-state index contributed by atoms with van der Waals surface area (Å²) in [5, 5.41) is -0.537. The van der Waals surface area contributed by atoms with Gasteiger partial charge in [0.25, 0.3) is 0 Å². The Morgan fingerprint density at radius 1 is 1.58 bits per heavy atom. The maximum Gasteiger partial charge on any atom is 0.443 e. The highest BCUT2D eigenvalue weighted by atomic mass is 35.7. The van der Waals surface area contributed by atoms with E-state index in [0.29, 0.717) is 0 Å². The van der Waals surface area contributed by atoms with Crippen LogP contribution in [0.15, 0.2) is 0 Å². The molecule has 0 radical (unpaired) electrons. The molecule has 12 heavy (non-hydrogen) atoms. The molecular weight excluding hydrogens is 248 g/mol. The highest BCUT2D eigenvalue weighted by molar-refractivity contribution is 8.27. The molecule has 0 spiro atoms. The van der Waals surface area contributed by atoms with Gasteiger partial charge in [-0.3, -0.25) is 4.79 Å². The predicted octanol–water partition coefficient (Wildman–Crippen LogP) is 1.35. The van der Waals surface area contributed by atoms with Crippen LogP contribution >= 0.6 is 33.9 Å². The van der Waals surface area contributed by atoms with Crippen LogP contribution in [0.2, 0.25) is 0 Å². The topological polar surface area (TPSA) is 83.2 Å². The Morgan fingerprint density at radius 2 is 1.75 bits per heavy atom. The summed E-state index contributed by atoms with van der Waals surface area (Å²) in [5.41, 5.74) is 4.66. The number of rotatable bonds is 1. The van der Waals surface area contributed by atoms with Gasteiger partial charge in [-0.1, -0.05) is 0 Å². The first-order valence-electron chi connectivity index (χ1n) is 2.50. The molecule has 0 heterocycles. The van der Waals surface area contributed by atoms with Crippen molar-refractivity contribution in [2.45, 2.75) is 12.3 Å². The van der Waals surface area contributed by atoms with Gasteiger partial charge in [0.2, 0.25) is 5.91 Å². The molecule has 0 saturated heterocycles. The van der Waals surface area contributed by atoms with Crippen LogP contribution in [0.5, 0.6) is 0 Å². The fourth-order valence-corrected chi connectivity index (χ4v) is 0. The van der Waals surface area contributed by atoms with Gasteiger partial charge in [-0.15, -0.1) is 11.6 Å². The molecule has 0 aliphatic carbocycles. The van der Waals surface area contributed by atoms with Crippen molar-refractivity contribution in [2.24, 2.45) is 5.73 Å². The third kappa shape index (κ3) is 12.9. The summed E-state index contributed by atoms with van der Waals surface area (Å²) in [6.07, 6.45) is 0. The second-order valence-electron chi connectivity index (χ2n) is 1.48. The van der Waals surface area contributed by atoms with Crippen molar-refractivity contribution in [1.29, 1.82) is 0 Å². The molecular formula is C4H6Cl3NO3S. The van der Waals surface area contributed by atoms with Crippen molar-refractivity contribution in [3.05, 3.63) is 0 Å². The molecule has 0 bridgehead atoms. The number of halogens is 3. The molecule has 1 amide bonds. The number of nitrogens with two attached hydrogens (primary N) is 1. The zero-order valence-corrected chi connectivity index (χ0v) is 9.01. The molecule has 0 saturated carbocycles. The van der Waals surface area contributed by atoms with Crippen LogP contribution in [-0.2, 0) is 15.2 Å². The number of carbonyl (C=O) groups is 2. The molecule has 72 valence electrons. The first kappa shape index (κ1) is 14.8. The molecule has 0 aliphatic rings. The van der Waals surface area contributed by atoms with E-state index in [4.69, 9.17) is 11.6 Å². The Bertz CT molecular complexity index is 146. The number of primary amides is 1. The lowest BCUT2D eigenvalue weighted by Gasteiger charge is -1.88. The summed E-state index contributed by atoms with van der Waals surface area (Å²) in [6, 6.07) is 0. The van der Waals surface area contributed by atoms with Gasteiger partial charge in [0.15, 0.2) is 21.1 Å². The van der Waals surface area contributed by atoms with Crippen LogP contribution in [0.1, 0.15) is 6.92 Å². The minimum Gasteiger partial charge on any atom is -0.591 e. The number of hydrogen-bond donors (Lipinski definition) is 1. The highest BCUT2D eigenvalue weighted by Gasteiger charge is 2.10. The van der Waals surface area contributed by atoms with Crippen LogP contribution in [0.25, 0.3) is 0 Å². The van der Waals surface area contributed by atoms with E-state index >= 15 is 0 Å². The molecule has 8 heteroatoms. The lowest BCUT2D eigenvalue weighted by atomic mass is 10.5. The molecule has 2 unspecified atom stereocenters. The van der Waals surface area contributed by atoms with E-state index in [9.17, 15) is 14.1 Å². The Kier molecular flexibility index (Phi) is 9.81. The molecule has 0 aliphatic heterocycles. The summed E-state index contributed by atoms with van der Waals surface area (Å²) in [5.74, 6) is -0.475. The smallest absolute Gasteiger partial charge is 0.443 e. The lowest BCUT2D eigenvalue weighted by Crippen LogP contribution is -2.19. The third-order valence-electron chi connectivity index (χ3n) is 0.518. The van der Waals surface area contributed by atoms with Crippen molar-refractivity contribution in [3.8, 4) is 0 Å². The van der Waals surface area contributed by atoms with Gasteiger partial charge in [0.1, 0.15) is 5.38 Å². The summed E-state index contributed by atoms with van der Waals surface area (Å²) >= 11 is 9.68. The van der Waals surface area contributed by atoms with Crippen molar-refractivity contribution in [3.63, 3.8) is 0 Å². The van der Waals surface area contributed by atoms with Crippen LogP contribution < -0.4 is 5.73 Å². The largest absolute Gasteiger partial charge is 0.591 e. The summed E-state index contributed by atoms with van der Waals surface area (Å²) in [6.45, 7) is 1.53. The fraction of sp³-hybridized carbons (Fsp3) is 0.500. The zero-order valence-electron chi connectivity index (χ0n) is 5.92.